The van der Waals surface area contributed by atoms with Gasteiger partial charge in [0.2, 0.25) is 0 Å². The molecule has 3 rings (SSSR count). The average Bonchev–Trinajstić information content (AvgIpc) is 3.25. The molecule has 1 aromatic carbocycles. The van der Waals surface area contributed by atoms with Crippen molar-refractivity contribution in [3.8, 4) is 0 Å². The summed E-state index contributed by atoms with van der Waals surface area (Å²) in [6, 6.07) is 3.36. The lowest BCUT2D eigenvalue weighted by Crippen LogP contribution is -2.34. The van der Waals surface area contributed by atoms with Crippen LogP contribution >= 0.6 is 11.6 Å². The number of allylic oxidation sites excluding steroid dienone is 2. The Morgan fingerprint density at radius 1 is 1.24 bits per heavy atom. The third-order valence-electron chi connectivity index (χ3n) is 5.09. The Balaban J connectivity index is 2.31. The number of nitrogens with one attached hydrogen (secondary N) is 1. The fourth-order valence-corrected chi connectivity index (χ4v) is 4.06. The van der Waals surface area contributed by atoms with Crippen LogP contribution in [0.15, 0.2) is 59.5 Å². The lowest BCUT2D eigenvalue weighted by Gasteiger charge is -2.32. The molecule has 176 valence electrons. The summed E-state index contributed by atoms with van der Waals surface area (Å²) in [5.74, 6) is -2.87. The van der Waals surface area contributed by atoms with E-state index >= 15 is 0 Å². The zero-order valence-electron chi connectivity index (χ0n) is 18.0. The molecule has 1 atom stereocenters. The molecule has 0 spiro atoms. The second kappa shape index (κ2) is 9.70. The Morgan fingerprint density at radius 2 is 1.97 bits per heavy atom. The van der Waals surface area contributed by atoms with E-state index in [4.69, 9.17) is 21.1 Å². The molecule has 1 aromatic heterocycles. The monoisotopic (exact) mass is 483 g/mol. The summed E-state index contributed by atoms with van der Waals surface area (Å²) in [6.07, 6.45) is -0.0357. The van der Waals surface area contributed by atoms with E-state index in [-0.39, 0.29) is 29.9 Å². The number of imidazole rings is 1. The molecule has 1 aliphatic rings. The van der Waals surface area contributed by atoms with Gasteiger partial charge >= 0.3 is 18.1 Å². The lowest BCUT2D eigenvalue weighted by atomic mass is 9.79. The SMILES string of the molecule is CCOC(=O)C1=C(Cn2ccnc2)NC(C)=C(C(=O)OC)C1c1cccc(C(F)(F)F)c1Cl. The maximum absolute atomic E-state index is 13.6. The van der Waals surface area contributed by atoms with Crippen molar-refractivity contribution in [2.75, 3.05) is 13.7 Å². The number of carbonyl (C=O) groups is 2. The van der Waals surface area contributed by atoms with E-state index in [1.807, 2.05) is 0 Å². The van der Waals surface area contributed by atoms with Crippen molar-refractivity contribution in [3.05, 3.63) is 75.6 Å². The van der Waals surface area contributed by atoms with Gasteiger partial charge in [0.1, 0.15) is 0 Å². The molecule has 1 N–H and O–H groups in total. The fourth-order valence-electron chi connectivity index (χ4n) is 3.72. The van der Waals surface area contributed by atoms with Crippen LogP contribution in [0, 0.1) is 0 Å². The number of nitrogens with zero attached hydrogens (tertiary/aromatic N) is 2. The number of halogens is 4. The Bertz CT molecular complexity index is 1120. The molecule has 0 saturated carbocycles. The van der Waals surface area contributed by atoms with E-state index < -0.39 is 34.6 Å². The molecule has 1 unspecified atom stereocenters. The highest BCUT2D eigenvalue weighted by atomic mass is 35.5. The van der Waals surface area contributed by atoms with Crippen molar-refractivity contribution in [2.45, 2.75) is 32.5 Å². The molecule has 33 heavy (non-hydrogen) atoms. The number of aromatic nitrogens is 2. The minimum Gasteiger partial charge on any atom is -0.466 e. The number of methoxy groups -OCH3 is 1. The van der Waals surface area contributed by atoms with E-state index in [0.29, 0.717) is 11.4 Å². The van der Waals surface area contributed by atoms with Gasteiger partial charge in [0, 0.05) is 23.8 Å². The molecule has 0 amide bonds. The number of benzene rings is 1. The summed E-state index contributed by atoms with van der Waals surface area (Å²) < 4.78 is 52.5. The van der Waals surface area contributed by atoms with E-state index in [1.54, 1.807) is 24.6 Å². The first kappa shape index (κ1) is 24.4. The number of dihydropyridines is 1. The van der Waals surface area contributed by atoms with Crippen molar-refractivity contribution in [1.29, 1.82) is 0 Å². The number of esters is 2. The van der Waals surface area contributed by atoms with Gasteiger partial charge in [-0.2, -0.15) is 13.2 Å². The summed E-state index contributed by atoms with van der Waals surface area (Å²) in [5.41, 5.74) is -0.604. The minimum atomic E-state index is -4.74. The first-order chi connectivity index (χ1) is 15.6. The lowest BCUT2D eigenvalue weighted by molar-refractivity contribution is -0.139. The first-order valence-electron chi connectivity index (χ1n) is 9.87. The zero-order chi connectivity index (χ0) is 24.3. The Labute approximate surface area is 192 Å². The Kier molecular flexibility index (Phi) is 7.16. The molecule has 0 saturated heterocycles. The molecule has 2 aromatic rings. The van der Waals surface area contributed by atoms with Gasteiger partial charge in [-0.15, -0.1) is 0 Å². The van der Waals surface area contributed by atoms with Gasteiger partial charge in [0.05, 0.1) is 54.2 Å². The molecule has 2 heterocycles. The molecular weight excluding hydrogens is 463 g/mol. The highest BCUT2D eigenvalue weighted by molar-refractivity contribution is 6.32. The van der Waals surface area contributed by atoms with Crippen molar-refractivity contribution in [1.82, 2.24) is 14.9 Å². The van der Waals surface area contributed by atoms with Gasteiger partial charge in [0.25, 0.3) is 0 Å². The van der Waals surface area contributed by atoms with E-state index in [1.165, 1.54) is 24.7 Å². The molecule has 11 heteroatoms. The van der Waals surface area contributed by atoms with Crippen LogP contribution < -0.4 is 5.32 Å². The summed E-state index contributed by atoms with van der Waals surface area (Å²) in [7, 11) is 1.14. The number of alkyl halides is 3. The van der Waals surface area contributed by atoms with Crippen LogP contribution in [0.5, 0.6) is 0 Å². The van der Waals surface area contributed by atoms with Crippen LogP contribution in [0.3, 0.4) is 0 Å². The van der Waals surface area contributed by atoms with Gasteiger partial charge in [-0.25, -0.2) is 14.6 Å². The Hall–Kier alpha value is -3.27. The highest BCUT2D eigenvalue weighted by Crippen LogP contribution is 2.45. The first-order valence-corrected chi connectivity index (χ1v) is 10.3. The van der Waals surface area contributed by atoms with E-state index in [9.17, 15) is 22.8 Å². The minimum absolute atomic E-state index is 0.0139. The standard InChI is InChI=1S/C22H21ClF3N3O4/c1-4-33-21(31)18-15(10-29-9-8-27-11-29)28-12(2)16(20(30)32-3)17(18)13-6-5-7-14(19(13)23)22(24,25)26/h5-9,11,17,28H,4,10H2,1-3H3. The van der Waals surface area contributed by atoms with Crippen LogP contribution in [0.25, 0.3) is 0 Å². The summed E-state index contributed by atoms with van der Waals surface area (Å²) in [4.78, 5) is 29.8. The van der Waals surface area contributed by atoms with Gasteiger partial charge in [-0.05, 0) is 25.5 Å². The predicted octanol–water partition coefficient (Wildman–Crippen LogP) is 4.21. The quantitative estimate of drug-likeness (QED) is 0.620. The molecule has 0 radical (unpaired) electrons. The zero-order valence-corrected chi connectivity index (χ0v) is 18.8. The largest absolute Gasteiger partial charge is 0.466 e. The Morgan fingerprint density at radius 3 is 2.55 bits per heavy atom. The number of carbonyl (C=O) groups excluding carboxylic acids is 2. The van der Waals surface area contributed by atoms with Crippen molar-refractivity contribution < 1.29 is 32.2 Å². The third kappa shape index (κ3) is 4.90. The van der Waals surface area contributed by atoms with Crippen LogP contribution in [-0.2, 0) is 31.8 Å². The van der Waals surface area contributed by atoms with E-state index in [0.717, 1.165) is 13.2 Å². The maximum atomic E-state index is 13.6. The number of hydrogen-bond acceptors (Lipinski definition) is 6. The molecule has 0 fully saturated rings. The fraction of sp³-hybridized carbons (Fsp3) is 0.318. The van der Waals surface area contributed by atoms with Gasteiger partial charge < -0.3 is 19.4 Å². The van der Waals surface area contributed by atoms with Crippen molar-refractivity contribution in [3.63, 3.8) is 0 Å². The number of ether oxygens (including phenoxy) is 2. The van der Waals surface area contributed by atoms with Gasteiger partial charge in [-0.1, -0.05) is 23.7 Å². The third-order valence-corrected chi connectivity index (χ3v) is 5.51. The summed E-state index contributed by atoms with van der Waals surface area (Å²) in [5, 5.41) is 2.40. The van der Waals surface area contributed by atoms with Gasteiger partial charge in [0.15, 0.2) is 0 Å². The van der Waals surface area contributed by atoms with Crippen molar-refractivity contribution >= 4 is 23.5 Å². The predicted molar refractivity (Wildman–Crippen MR) is 113 cm³/mol. The van der Waals surface area contributed by atoms with E-state index in [2.05, 4.69) is 10.3 Å². The van der Waals surface area contributed by atoms with Crippen LogP contribution in [-0.4, -0.2) is 35.2 Å². The topological polar surface area (TPSA) is 82.5 Å². The van der Waals surface area contributed by atoms with Crippen molar-refractivity contribution in [2.24, 2.45) is 0 Å². The molecular formula is C22H21ClF3N3O4. The molecule has 0 aliphatic carbocycles. The molecule has 7 nitrogen and oxygen atoms in total. The van der Waals surface area contributed by atoms with Crippen LogP contribution in [0.2, 0.25) is 5.02 Å². The molecule has 1 aliphatic heterocycles. The number of hydrogen-bond donors (Lipinski definition) is 1. The maximum Gasteiger partial charge on any atom is 0.417 e. The number of rotatable bonds is 6. The summed E-state index contributed by atoms with van der Waals surface area (Å²) >= 11 is 6.22. The van der Waals surface area contributed by atoms with Crippen LogP contribution in [0.4, 0.5) is 13.2 Å². The normalized spacial score (nSPS) is 16.5. The second-order valence-corrected chi connectivity index (χ2v) is 7.52. The highest BCUT2D eigenvalue weighted by Gasteiger charge is 2.42. The summed E-state index contributed by atoms with van der Waals surface area (Å²) in [6.45, 7) is 3.29. The smallest absolute Gasteiger partial charge is 0.417 e. The van der Waals surface area contributed by atoms with Crippen LogP contribution in [0.1, 0.15) is 30.9 Å². The molecule has 0 bridgehead atoms. The second-order valence-electron chi connectivity index (χ2n) is 7.14. The van der Waals surface area contributed by atoms with Gasteiger partial charge in [-0.3, -0.25) is 0 Å². The average molecular weight is 484 g/mol.